The summed E-state index contributed by atoms with van der Waals surface area (Å²) in [5, 5.41) is 11.7. The Morgan fingerprint density at radius 3 is 2.29 bits per heavy atom. The fourth-order valence-corrected chi connectivity index (χ4v) is 3.28. The van der Waals surface area contributed by atoms with Crippen LogP contribution in [-0.2, 0) is 0 Å². The SMILES string of the molecule is C[NH+]1CCN(c2ccc(-c3ccc(NC(=O)c4ccccc4)cc3)nn2)CC1. The van der Waals surface area contributed by atoms with Gasteiger partial charge in [0.1, 0.15) is 0 Å². The van der Waals surface area contributed by atoms with Gasteiger partial charge in [-0.05, 0) is 36.4 Å². The monoisotopic (exact) mass is 374 g/mol. The maximum absolute atomic E-state index is 12.2. The number of benzene rings is 2. The third kappa shape index (κ3) is 4.18. The topological polar surface area (TPSA) is 62.6 Å². The standard InChI is InChI=1S/C22H23N5O/c1-26-13-15-27(16-14-26)21-12-11-20(24-25-21)17-7-9-19(10-8-17)23-22(28)18-5-3-2-4-6-18/h2-12H,13-16H2,1H3,(H,23,28)/p+1. The predicted octanol–water partition coefficient (Wildman–Crippen LogP) is 1.73. The van der Waals surface area contributed by atoms with Gasteiger partial charge < -0.3 is 15.1 Å². The highest BCUT2D eigenvalue weighted by Crippen LogP contribution is 2.21. The van der Waals surface area contributed by atoms with Crippen molar-refractivity contribution in [2.45, 2.75) is 0 Å². The van der Waals surface area contributed by atoms with Gasteiger partial charge in [0.05, 0.1) is 38.9 Å². The first-order chi connectivity index (χ1) is 13.7. The largest absolute Gasteiger partial charge is 0.344 e. The highest BCUT2D eigenvalue weighted by atomic mass is 16.1. The second-order valence-electron chi connectivity index (χ2n) is 7.12. The Bertz CT molecular complexity index is 917. The molecule has 1 saturated heterocycles. The van der Waals surface area contributed by atoms with E-state index in [-0.39, 0.29) is 5.91 Å². The van der Waals surface area contributed by atoms with Crippen LogP contribution in [0.3, 0.4) is 0 Å². The van der Waals surface area contributed by atoms with E-state index in [4.69, 9.17) is 0 Å². The summed E-state index contributed by atoms with van der Waals surface area (Å²) in [6, 6.07) is 20.9. The number of carbonyl (C=O) groups is 1. The molecule has 0 bridgehead atoms. The van der Waals surface area contributed by atoms with Gasteiger partial charge in [0.2, 0.25) is 0 Å². The highest BCUT2D eigenvalue weighted by Gasteiger charge is 2.18. The number of carbonyl (C=O) groups excluding carboxylic acids is 1. The molecule has 28 heavy (non-hydrogen) atoms. The van der Waals surface area contributed by atoms with E-state index in [2.05, 4.69) is 27.5 Å². The van der Waals surface area contributed by atoms with E-state index in [9.17, 15) is 4.79 Å². The van der Waals surface area contributed by atoms with Gasteiger partial charge in [-0.2, -0.15) is 0 Å². The first-order valence-corrected chi connectivity index (χ1v) is 9.56. The number of hydrogen-bond acceptors (Lipinski definition) is 4. The van der Waals surface area contributed by atoms with E-state index in [1.807, 2.05) is 54.6 Å². The molecule has 4 rings (SSSR count). The Balaban J connectivity index is 1.41. The van der Waals surface area contributed by atoms with Crippen LogP contribution in [0.25, 0.3) is 11.3 Å². The highest BCUT2D eigenvalue weighted by molar-refractivity contribution is 6.04. The Morgan fingerprint density at radius 2 is 1.64 bits per heavy atom. The van der Waals surface area contributed by atoms with Crippen molar-refractivity contribution in [2.75, 3.05) is 43.4 Å². The van der Waals surface area contributed by atoms with Crippen LogP contribution in [0.15, 0.2) is 66.7 Å². The summed E-state index contributed by atoms with van der Waals surface area (Å²) in [6.07, 6.45) is 0. The molecule has 0 unspecified atom stereocenters. The van der Waals surface area contributed by atoms with Crippen molar-refractivity contribution >= 4 is 17.4 Å². The van der Waals surface area contributed by atoms with Gasteiger partial charge in [0.25, 0.3) is 5.91 Å². The molecule has 6 nitrogen and oxygen atoms in total. The number of likely N-dealkylation sites (N-methyl/N-ethyl adjacent to an activating group) is 1. The minimum absolute atomic E-state index is 0.119. The fourth-order valence-electron chi connectivity index (χ4n) is 3.28. The number of aromatic nitrogens is 2. The zero-order valence-electron chi connectivity index (χ0n) is 15.9. The summed E-state index contributed by atoms with van der Waals surface area (Å²) >= 11 is 0. The van der Waals surface area contributed by atoms with Gasteiger partial charge in [0.15, 0.2) is 5.82 Å². The molecule has 1 fully saturated rings. The summed E-state index contributed by atoms with van der Waals surface area (Å²) in [5.74, 6) is 0.814. The first-order valence-electron chi connectivity index (χ1n) is 9.56. The summed E-state index contributed by atoms with van der Waals surface area (Å²) in [6.45, 7) is 4.27. The molecular weight excluding hydrogens is 350 g/mol. The van der Waals surface area contributed by atoms with E-state index >= 15 is 0 Å². The van der Waals surface area contributed by atoms with Crippen molar-refractivity contribution in [3.05, 3.63) is 72.3 Å². The summed E-state index contributed by atoms with van der Waals surface area (Å²) < 4.78 is 0. The van der Waals surface area contributed by atoms with Crippen LogP contribution in [0, 0.1) is 0 Å². The lowest BCUT2D eigenvalue weighted by atomic mass is 10.1. The number of amides is 1. The molecule has 2 heterocycles. The van der Waals surface area contributed by atoms with Gasteiger partial charge in [-0.15, -0.1) is 10.2 Å². The lowest BCUT2D eigenvalue weighted by Crippen LogP contribution is -3.12. The second kappa shape index (κ2) is 8.19. The molecule has 1 amide bonds. The average molecular weight is 374 g/mol. The molecule has 0 radical (unpaired) electrons. The molecule has 1 aliphatic rings. The normalized spacial score (nSPS) is 14.7. The van der Waals surface area contributed by atoms with Crippen molar-refractivity contribution in [3.63, 3.8) is 0 Å². The van der Waals surface area contributed by atoms with Gasteiger partial charge in [-0.1, -0.05) is 30.3 Å². The zero-order valence-corrected chi connectivity index (χ0v) is 15.9. The van der Waals surface area contributed by atoms with Crippen LogP contribution < -0.4 is 15.1 Å². The molecule has 2 aromatic carbocycles. The van der Waals surface area contributed by atoms with Gasteiger partial charge in [0, 0.05) is 16.8 Å². The van der Waals surface area contributed by atoms with Crippen molar-refractivity contribution in [2.24, 2.45) is 0 Å². The number of nitrogens with one attached hydrogen (secondary N) is 2. The van der Waals surface area contributed by atoms with Crippen LogP contribution in [-0.4, -0.2) is 49.3 Å². The lowest BCUT2D eigenvalue weighted by molar-refractivity contribution is -0.880. The Kier molecular flexibility index (Phi) is 5.30. The maximum atomic E-state index is 12.2. The Labute approximate surface area is 164 Å². The molecule has 0 aliphatic carbocycles. The molecule has 0 spiro atoms. The number of rotatable bonds is 4. The summed E-state index contributed by atoms with van der Waals surface area (Å²) in [4.78, 5) is 16.1. The molecule has 2 N–H and O–H groups in total. The third-order valence-electron chi connectivity index (χ3n) is 5.07. The average Bonchev–Trinajstić information content (AvgIpc) is 2.76. The summed E-state index contributed by atoms with van der Waals surface area (Å²) in [5.41, 5.74) is 3.18. The van der Waals surface area contributed by atoms with Crippen LogP contribution in [0.4, 0.5) is 11.5 Å². The molecule has 142 valence electrons. The number of hydrogen-bond donors (Lipinski definition) is 2. The Morgan fingerprint density at radius 1 is 0.929 bits per heavy atom. The van der Waals surface area contributed by atoms with Crippen LogP contribution >= 0.6 is 0 Å². The predicted molar refractivity (Wildman–Crippen MR) is 111 cm³/mol. The smallest absolute Gasteiger partial charge is 0.255 e. The maximum Gasteiger partial charge on any atom is 0.255 e. The van der Waals surface area contributed by atoms with Crippen molar-refractivity contribution in [3.8, 4) is 11.3 Å². The minimum atomic E-state index is -0.119. The van der Waals surface area contributed by atoms with E-state index in [1.54, 1.807) is 17.0 Å². The number of anilines is 2. The van der Waals surface area contributed by atoms with Crippen LogP contribution in [0.5, 0.6) is 0 Å². The molecular formula is C22H24N5O+. The third-order valence-corrected chi connectivity index (χ3v) is 5.07. The number of piperazine rings is 1. The molecule has 1 aliphatic heterocycles. The zero-order chi connectivity index (χ0) is 19.3. The van der Waals surface area contributed by atoms with E-state index in [1.165, 1.54) is 0 Å². The van der Waals surface area contributed by atoms with Gasteiger partial charge in [-0.25, -0.2) is 0 Å². The van der Waals surface area contributed by atoms with Crippen LogP contribution in [0.2, 0.25) is 0 Å². The second-order valence-corrected chi connectivity index (χ2v) is 7.12. The molecule has 6 heteroatoms. The lowest BCUT2D eigenvalue weighted by Gasteiger charge is -2.30. The molecule has 3 aromatic rings. The van der Waals surface area contributed by atoms with Gasteiger partial charge in [-0.3, -0.25) is 4.79 Å². The quantitative estimate of drug-likeness (QED) is 0.730. The molecule has 1 aromatic heterocycles. The van der Waals surface area contributed by atoms with E-state index < -0.39 is 0 Å². The van der Waals surface area contributed by atoms with E-state index in [0.29, 0.717) is 5.56 Å². The van der Waals surface area contributed by atoms with Crippen molar-refractivity contribution in [1.82, 2.24) is 10.2 Å². The molecule has 0 saturated carbocycles. The van der Waals surface area contributed by atoms with E-state index in [0.717, 1.165) is 48.9 Å². The van der Waals surface area contributed by atoms with Gasteiger partial charge >= 0.3 is 0 Å². The summed E-state index contributed by atoms with van der Waals surface area (Å²) in [7, 11) is 2.22. The minimum Gasteiger partial charge on any atom is -0.344 e. The van der Waals surface area contributed by atoms with Crippen molar-refractivity contribution < 1.29 is 9.69 Å². The van der Waals surface area contributed by atoms with Crippen molar-refractivity contribution in [1.29, 1.82) is 0 Å². The number of nitrogens with zero attached hydrogens (tertiary/aromatic N) is 3. The van der Waals surface area contributed by atoms with Crippen LogP contribution in [0.1, 0.15) is 10.4 Å². The molecule has 0 atom stereocenters. The fraction of sp³-hybridized carbons (Fsp3) is 0.227. The number of quaternary nitrogens is 1. The Hall–Kier alpha value is -3.25. The first kappa shape index (κ1) is 18.1.